The van der Waals surface area contributed by atoms with Gasteiger partial charge in [-0.1, -0.05) is 13.8 Å². The van der Waals surface area contributed by atoms with E-state index in [1.54, 1.807) is 14.2 Å². The van der Waals surface area contributed by atoms with Crippen LogP contribution in [-0.2, 0) is 9.47 Å². The standard InChI is InChI=1S/C13H27NO3/c1-13(2)6-5-11(12(13)15)14(7-9-16-3)8-10-17-4/h11-12,15H,5-10H2,1-4H3. The Morgan fingerprint density at radius 2 is 1.71 bits per heavy atom. The van der Waals surface area contributed by atoms with Crippen LogP contribution in [0.15, 0.2) is 0 Å². The quantitative estimate of drug-likeness (QED) is 0.730. The van der Waals surface area contributed by atoms with Crippen LogP contribution in [0.4, 0.5) is 0 Å². The second-order valence-corrected chi connectivity index (χ2v) is 5.56. The lowest BCUT2D eigenvalue weighted by atomic mass is 9.88. The summed E-state index contributed by atoms with van der Waals surface area (Å²) in [4.78, 5) is 2.30. The lowest BCUT2D eigenvalue weighted by Gasteiger charge is -2.33. The minimum absolute atomic E-state index is 0.0308. The SMILES string of the molecule is COCCN(CCOC)C1CCC(C)(C)C1O. The molecule has 102 valence electrons. The highest BCUT2D eigenvalue weighted by molar-refractivity contribution is 4.96. The maximum absolute atomic E-state index is 10.4. The molecular formula is C13H27NO3. The Balaban J connectivity index is 2.56. The molecule has 0 aromatic carbocycles. The Morgan fingerprint density at radius 1 is 1.18 bits per heavy atom. The Morgan fingerprint density at radius 3 is 2.06 bits per heavy atom. The number of hydrogen-bond acceptors (Lipinski definition) is 4. The van der Waals surface area contributed by atoms with Crippen LogP contribution >= 0.6 is 0 Å². The fourth-order valence-electron chi connectivity index (χ4n) is 2.59. The van der Waals surface area contributed by atoms with Gasteiger partial charge in [-0.05, 0) is 18.3 Å². The van der Waals surface area contributed by atoms with Crippen molar-refractivity contribution in [3.63, 3.8) is 0 Å². The highest BCUT2D eigenvalue weighted by Crippen LogP contribution is 2.39. The van der Waals surface area contributed by atoms with Crippen LogP contribution in [0.25, 0.3) is 0 Å². The summed E-state index contributed by atoms with van der Waals surface area (Å²) in [7, 11) is 3.42. The van der Waals surface area contributed by atoms with Crippen molar-refractivity contribution >= 4 is 0 Å². The van der Waals surface area contributed by atoms with Crippen molar-refractivity contribution in [3.05, 3.63) is 0 Å². The van der Waals surface area contributed by atoms with Crippen molar-refractivity contribution < 1.29 is 14.6 Å². The molecule has 1 aliphatic rings. The van der Waals surface area contributed by atoms with Crippen molar-refractivity contribution in [2.45, 2.75) is 38.8 Å². The third-order valence-corrected chi connectivity index (χ3v) is 3.88. The molecule has 4 nitrogen and oxygen atoms in total. The van der Waals surface area contributed by atoms with Crippen LogP contribution in [-0.4, -0.2) is 62.7 Å². The fraction of sp³-hybridized carbons (Fsp3) is 1.00. The van der Waals surface area contributed by atoms with E-state index < -0.39 is 0 Å². The summed E-state index contributed by atoms with van der Waals surface area (Å²) in [5, 5.41) is 10.4. The van der Waals surface area contributed by atoms with Crippen LogP contribution < -0.4 is 0 Å². The number of aliphatic hydroxyl groups is 1. The maximum Gasteiger partial charge on any atom is 0.0746 e. The molecule has 0 aromatic heterocycles. The van der Waals surface area contributed by atoms with Gasteiger partial charge in [-0.15, -0.1) is 0 Å². The lowest BCUT2D eigenvalue weighted by molar-refractivity contribution is -0.00120. The summed E-state index contributed by atoms with van der Waals surface area (Å²) in [6.07, 6.45) is 1.88. The Bertz CT molecular complexity index is 213. The van der Waals surface area contributed by atoms with Crippen molar-refractivity contribution in [3.8, 4) is 0 Å². The second-order valence-electron chi connectivity index (χ2n) is 5.56. The minimum Gasteiger partial charge on any atom is -0.391 e. The summed E-state index contributed by atoms with van der Waals surface area (Å²) in [5.74, 6) is 0. The smallest absolute Gasteiger partial charge is 0.0746 e. The van der Waals surface area contributed by atoms with Crippen molar-refractivity contribution in [1.29, 1.82) is 0 Å². The molecule has 0 aliphatic heterocycles. The monoisotopic (exact) mass is 245 g/mol. The molecule has 0 radical (unpaired) electrons. The Labute approximate surface area is 105 Å². The van der Waals surface area contributed by atoms with E-state index in [2.05, 4.69) is 18.7 Å². The number of rotatable bonds is 7. The predicted octanol–water partition coefficient (Wildman–Crippen LogP) is 1.13. The zero-order chi connectivity index (χ0) is 12.9. The van der Waals surface area contributed by atoms with E-state index in [1.165, 1.54) is 0 Å². The van der Waals surface area contributed by atoms with Gasteiger partial charge < -0.3 is 14.6 Å². The molecule has 1 N–H and O–H groups in total. The van der Waals surface area contributed by atoms with Crippen LogP contribution in [0.3, 0.4) is 0 Å². The average molecular weight is 245 g/mol. The molecule has 0 bridgehead atoms. The van der Waals surface area contributed by atoms with Gasteiger partial charge in [0.25, 0.3) is 0 Å². The molecule has 0 saturated heterocycles. The van der Waals surface area contributed by atoms with Gasteiger partial charge >= 0.3 is 0 Å². The van der Waals surface area contributed by atoms with Crippen LogP contribution in [0.2, 0.25) is 0 Å². The van der Waals surface area contributed by atoms with Crippen LogP contribution in [0.5, 0.6) is 0 Å². The van der Waals surface area contributed by atoms with Gasteiger partial charge in [-0.3, -0.25) is 4.90 Å². The van der Waals surface area contributed by atoms with Gasteiger partial charge in [0.1, 0.15) is 0 Å². The molecule has 1 fully saturated rings. The molecule has 1 saturated carbocycles. The molecule has 0 heterocycles. The van der Waals surface area contributed by atoms with Gasteiger partial charge in [0, 0.05) is 33.4 Å². The summed E-state index contributed by atoms with van der Waals surface area (Å²) in [6, 6.07) is 0.246. The summed E-state index contributed by atoms with van der Waals surface area (Å²) >= 11 is 0. The molecule has 0 aromatic rings. The highest BCUT2D eigenvalue weighted by Gasteiger charge is 2.43. The largest absolute Gasteiger partial charge is 0.391 e. The average Bonchev–Trinajstić information content (AvgIpc) is 2.56. The molecule has 1 rings (SSSR count). The third kappa shape index (κ3) is 3.91. The van der Waals surface area contributed by atoms with Gasteiger partial charge in [0.15, 0.2) is 0 Å². The molecule has 2 atom stereocenters. The van der Waals surface area contributed by atoms with E-state index >= 15 is 0 Å². The lowest BCUT2D eigenvalue weighted by Crippen LogP contribution is -2.46. The van der Waals surface area contributed by atoms with E-state index in [4.69, 9.17) is 9.47 Å². The van der Waals surface area contributed by atoms with Gasteiger partial charge in [-0.2, -0.15) is 0 Å². The summed E-state index contributed by atoms with van der Waals surface area (Å²) in [5.41, 5.74) is 0.0308. The zero-order valence-corrected chi connectivity index (χ0v) is 11.6. The van der Waals surface area contributed by atoms with Gasteiger partial charge in [0.05, 0.1) is 19.3 Å². The number of ether oxygens (including phenoxy) is 2. The highest BCUT2D eigenvalue weighted by atomic mass is 16.5. The number of aliphatic hydroxyl groups excluding tert-OH is 1. The first-order valence-corrected chi connectivity index (χ1v) is 6.43. The van der Waals surface area contributed by atoms with Crippen LogP contribution in [0, 0.1) is 5.41 Å². The Kier molecular flexibility index (Phi) is 5.86. The Hall–Kier alpha value is -0.160. The number of methoxy groups -OCH3 is 2. The van der Waals surface area contributed by atoms with Gasteiger partial charge in [0.2, 0.25) is 0 Å². The molecule has 4 heteroatoms. The summed E-state index contributed by atoms with van der Waals surface area (Å²) in [6.45, 7) is 7.40. The van der Waals surface area contributed by atoms with Crippen molar-refractivity contribution in [2.24, 2.45) is 5.41 Å². The molecule has 17 heavy (non-hydrogen) atoms. The van der Waals surface area contributed by atoms with E-state index in [0.29, 0.717) is 13.2 Å². The molecular weight excluding hydrogens is 218 g/mol. The zero-order valence-electron chi connectivity index (χ0n) is 11.6. The van der Waals surface area contributed by atoms with E-state index in [-0.39, 0.29) is 17.6 Å². The first-order valence-electron chi connectivity index (χ1n) is 6.43. The van der Waals surface area contributed by atoms with E-state index in [0.717, 1.165) is 25.9 Å². The molecule has 0 amide bonds. The topological polar surface area (TPSA) is 41.9 Å². The third-order valence-electron chi connectivity index (χ3n) is 3.88. The van der Waals surface area contributed by atoms with Crippen molar-refractivity contribution in [1.82, 2.24) is 4.90 Å². The number of nitrogens with zero attached hydrogens (tertiary/aromatic N) is 1. The van der Waals surface area contributed by atoms with Crippen LogP contribution in [0.1, 0.15) is 26.7 Å². The second kappa shape index (κ2) is 6.69. The fourth-order valence-corrected chi connectivity index (χ4v) is 2.59. The molecule has 2 unspecified atom stereocenters. The van der Waals surface area contributed by atoms with Gasteiger partial charge in [-0.25, -0.2) is 0 Å². The summed E-state index contributed by atoms with van der Waals surface area (Å²) < 4.78 is 10.3. The first kappa shape index (κ1) is 14.9. The molecule has 1 aliphatic carbocycles. The maximum atomic E-state index is 10.4. The first-order chi connectivity index (χ1) is 8.03. The number of hydrogen-bond donors (Lipinski definition) is 1. The van der Waals surface area contributed by atoms with E-state index in [9.17, 15) is 5.11 Å². The van der Waals surface area contributed by atoms with E-state index in [1.807, 2.05) is 0 Å². The van der Waals surface area contributed by atoms with Crippen molar-refractivity contribution in [2.75, 3.05) is 40.5 Å². The minimum atomic E-state index is -0.254. The molecule has 0 spiro atoms. The predicted molar refractivity (Wildman–Crippen MR) is 68.1 cm³/mol. The normalized spacial score (nSPS) is 27.9.